The van der Waals surface area contributed by atoms with E-state index in [1.165, 1.54) is 14.0 Å². The lowest BCUT2D eigenvalue weighted by Gasteiger charge is -2.24. The number of carbonyl (C=O) groups is 4. The van der Waals surface area contributed by atoms with Crippen LogP contribution >= 0.6 is 0 Å². The van der Waals surface area contributed by atoms with Crippen LogP contribution in [0.5, 0.6) is 0 Å². The molecule has 2 aromatic carbocycles. The van der Waals surface area contributed by atoms with E-state index in [4.69, 9.17) is 10.5 Å². The van der Waals surface area contributed by atoms with Gasteiger partial charge in [-0.05, 0) is 68.0 Å². The molecule has 1 aliphatic heterocycles. The Kier molecular flexibility index (Phi) is 9.95. The van der Waals surface area contributed by atoms with E-state index in [2.05, 4.69) is 32.0 Å². The number of benzene rings is 2. The Morgan fingerprint density at radius 2 is 1.69 bits per heavy atom. The Labute approximate surface area is 244 Å². The van der Waals surface area contributed by atoms with Crippen LogP contribution in [-0.2, 0) is 36.8 Å². The summed E-state index contributed by atoms with van der Waals surface area (Å²) in [6, 6.07) is 9.23. The van der Waals surface area contributed by atoms with Crippen LogP contribution < -0.4 is 21.7 Å². The van der Waals surface area contributed by atoms with Crippen LogP contribution in [0.2, 0.25) is 0 Å². The third kappa shape index (κ3) is 7.74. The Morgan fingerprint density at radius 1 is 1.00 bits per heavy atom. The molecule has 1 aliphatic rings. The van der Waals surface area contributed by atoms with Crippen molar-refractivity contribution in [3.05, 3.63) is 59.7 Å². The van der Waals surface area contributed by atoms with Gasteiger partial charge in [0.25, 0.3) is 0 Å². The van der Waals surface area contributed by atoms with Gasteiger partial charge >= 0.3 is 5.97 Å². The van der Waals surface area contributed by atoms with Gasteiger partial charge in [0.2, 0.25) is 17.7 Å². The number of rotatable bonds is 6. The van der Waals surface area contributed by atoms with Crippen LogP contribution in [0, 0.1) is 0 Å². The molecule has 42 heavy (non-hydrogen) atoms. The van der Waals surface area contributed by atoms with E-state index >= 15 is 0 Å². The molecule has 222 valence electrons. The second-order valence-corrected chi connectivity index (χ2v) is 10.6. The summed E-state index contributed by atoms with van der Waals surface area (Å²) in [5, 5.41) is 10.3. The van der Waals surface area contributed by atoms with Gasteiger partial charge in [0.1, 0.15) is 18.1 Å². The third-order valence-corrected chi connectivity index (χ3v) is 7.20. The molecule has 4 bridgehead atoms. The molecule has 1 unspecified atom stereocenters. The minimum absolute atomic E-state index is 0.211. The molecular formula is C31H38N6O5. The minimum Gasteiger partial charge on any atom is -0.467 e. The van der Waals surface area contributed by atoms with E-state index in [0.29, 0.717) is 25.2 Å². The number of fused-ring (bicyclic) bond motifs is 2. The van der Waals surface area contributed by atoms with Gasteiger partial charge in [0.05, 0.1) is 12.9 Å². The van der Waals surface area contributed by atoms with Gasteiger partial charge in [0, 0.05) is 41.7 Å². The van der Waals surface area contributed by atoms with Crippen molar-refractivity contribution >= 4 is 51.3 Å². The van der Waals surface area contributed by atoms with Crippen LogP contribution in [0.4, 0.5) is 0 Å². The predicted octanol–water partition coefficient (Wildman–Crippen LogP) is 2.17. The first-order chi connectivity index (χ1) is 20.1. The van der Waals surface area contributed by atoms with Crippen LogP contribution in [0.15, 0.2) is 53.5 Å². The smallest absolute Gasteiger partial charge is 0.328 e. The number of nitrogens with one attached hydrogen (secondary N) is 4. The Bertz CT molecular complexity index is 1540. The molecule has 2 heterocycles. The Balaban J connectivity index is 1.72. The molecule has 0 fully saturated rings. The number of aromatic amines is 1. The minimum atomic E-state index is -0.983. The van der Waals surface area contributed by atoms with Crippen LogP contribution in [0.1, 0.15) is 44.2 Å². The highest BCUT2D eigenvalue weighted by molar-refractivity contribution is 6.07. The van der Waals surface area contributed by atoms with Crippen LogP contribution in [0.3, 0.4) is 0 Å². The summed E-state index contributed by atoms with van der Waals surface area (Å²) in [5.41, 5.74) is 9.52. The zero-order valence-corrected chi connectivity index (χ0v) is 24.2. The molecule has 0 saturated heterocycles. The topological polar surface area (TPSA) is 168 Å². The average Bonchev–Trinajstić information content (AvgIpc) is 3.31. The maximum atomic E-state index is 13.6. The number of carbonyl (C=O) groups excluding carboxylic acids is 4. The molecular weight excluding hydrogens is 536 g/mol. The number of amidine groups is 1. The zero-order chi connectivity index (χ0) is 30.2. The molecule has 0 spiro atoms. The SMILES string of the molecule is COC(=O)[C@@H]1CC=CCc2ccc3[nH]c4ccc(cc4c3c2)CC(NC(C)=O)C(=O)N[C@@H](CCCN=C(C)N)C(=O)N1. The Morgan fingerprint density at radius 3 is 2.36 bits per heavy atom. The normalized spacial score (nSPS) is 20.4. The summed E-state index contributed by atoms with van der Waals surface area (Å²) in [4.78, 5) is 59.2. The molecule has 4 rings (SSSR count). The number of aromatic nitrogens is 1. The highest BCUT2D eigenvalue weighted by atomic mass is 16.5. The van der Waals surface area contributed by atoms with Crippen molar-refractivity contribution in [2.75, 3.05) is 13.7 Å². The molecule has 3 aromatic rings. The number of esters is 1. The monoisotopic (exact) mass is 574 g/mol. The lowest BCUT2D eigenvalue weighted by molar-refractivity contribution is -0.145. The summed E-state index contributed by atoms with van der Waals surface area (Å²) < 4.78 is 4.93. The molecule has 3 amide bonds. The number of nitrogens with two attached hydrogens (primary N) is 1. The highest BCUT2D eigenvalue weighted by Gasteiger charge is 2.29. The van der Waals surface area contributed by atoms with Gasteiger partial charge in [0.15, 0.2) is 0 Å². The molecule has 1 aromatic heterocycles. The van der Waals surface area contributed by atoms with Gasteiger partial charge in [-0.1, -0.05) is 24.3 Å². The number of ether oxygens (including phenoxy) is 1. The fourth-order valence-electron chi connectivity index (χ4n) is 5.11. The summed E-state index contributed by atoms with van der Waals surface area (Å²) in [6.07, 6.45) is 5.55. The average molecular weight is 575 g/mol. The maximum Gasteiger partial charge on any atom is 0.328 e. The fraction of sp³-hybridized carbons (Fsp3) is 0.387. The van der Waals surface area contributed by atoms with E-state index in [1.807, 2.05) is 42.5 Å². The van der Waals surface area contributed by atoms with E-state index in [9.17, 15) is 19.2 Å². The lowest BCUT2D eigenvalue weighted by atomic mass is 10.0. The van der Waals surface area contributed by atoms with E-state index in [-0.39, 0.29) is 25.2 Å². The number of H-pyrrole nitrogens is 1. The second kappa shape index (κ2) is 13.8. The fourth-order valence-corrected chi connectivity index (χ4v) is 5.11. The van der Waals surface area contributed by atoms with Crippen molar-refractivity contribution in [2.45, 2.75) is 64.1 Å². The van der Waals surface area contributed by atoms with Crippen LogP contribution in [-0.4, -0.2) is 66.3 Å². The first kappa shape index (κ1) is 30.3. The van der Waals surface area contributed by atoms with E-state index in [0.717, 1.165) is 32.9 Å². The maximum absolute atomic E-state index is 13.6. The summed E-state index contributed by atoms with van der Waals surface area (Å²) >= 11 is 0. The lowest BCUT2D eigenvalue weighted by Crippen LogP contribution is -2.56. The predicted molar refractivity (Wildman–Crippen MR) is 162 cm³/mol. The molecule has 11 nitrogen and oxygen atoms in total. The van der Waals surface area contributed by atoms with Gasteiger partial charge in [-0.25, -0.2) is 4.79 Å². The number of aliphatic imine (C=N–C) groups is 1. The molecule has 6 N–H and O–H groups in total. The quantitative estimate of drug-likeness (QED) is 0.0994. The number of hydrogen-bond donors (Lipinski definition) is 5. The van der Waals surface area contributed by atoms with Crippen molar-refractivity contribution in [1.29, 1.82) is 0 Å². The standard InChI is InChI=1S/C31H38N6O5/c1-18(32)33-14-6-9-26-29(39)37-27(31(41)42-3)8-5-4-7-20-10-12-24-22(15-20)23-16-21(11-13-25(23)35-24)17-28(30(40)36-26)34-19(2)38/h4-5,10-13,15-16,26-28,35H,6-9,14,17H2,1-3H3,(H2,32,33)(H,34,38)(H,36,40)(H,37,39)/t26-,27-,28?/m0/s1. The summed E-state index contributed by atoms with van der Waals surface area (Å²) in [5.74, 6) is -1.60. The van der Waals surface area contributed by atoms with Gasteiger partial charge in [-0.2, -0.15) is 0 Å². The second-order valence-electron chi connectivity index (χ2n) is 10.6. The first-order valence-corrected chi connectivity index (χ1v) is 14.0. The molecule has 0 radical (unpaired) electrons. The Hall–Kier alpha value is -4.67. The van der Waals surface area contributed by atoms with E-state index in [1.54, 1.807) is 6.92 Å². The molecule has 0 aliphatic carbocycles. The number of allylic oxidation sites excluding steroid dienone is 1. The number of amides is 3. The van der Waals surface area contributed by atoms with Crippen molar-refractivity contribution in [1.82, 2.24) is 20.9 Å². The number of methoxy groups -OCH3 is 1. The van der Waals surface area contributed by atoms with Gasteiger partial charge in [-0.15, -0.1) is 0 Å². The third-order valence-electron chi connectivity index (χ3n) is 7.20. The molecule has 3 atom stereocenters. The first-order valence-electron chi connectivity index (χ1n) is 14.0. The highest BCUT2D eigenvalue weighted by Crippen LogP contribution is 2.28. The van der Waals surface area contributed by atoms with Crippen molar-refractivity contribution in [2.24, 2.45) is 10.7 Å². The van der Waals surface area contributed by atoms with Crippen molar-refractivity contribution in [3.63, 3.8) is 0 Å². The molecule has 0 saturated carbocycles. The number of nitrogens with zero attached hydrogens (tertiary/aromatic N) is 1. The molecule has 11 heteroatoms. The van der Waals surface area contributed by atoms with Gasteiger partial charge < -0.3 is 31.4 Å². The largest absolute Gasteiger partial charge is 0.467 e. The summed E-state index contributed by atoms with van der Waals surface area (Å²) in [7, 11) is 1.26. The number of hydrogen-bond acceptors (Lipinski definition) is 6. The zero-order valence-electron chi connectivity index (χ0n) is 24.2. The van der Waals surface area contributed by atoms with Crippen molar-refractivity contribution < 1.29 is 23.9 Å². The van der Waals surface area contributed by atoms with E-state index < -0.39 is 35.9 Å². The van der Waals surface area contributed by atoms with Crippen LogP contribution in [0.25, 0.3) is 21.8 Å². The summed E-state index contributed by atoms with van der Waals surface area (Å²) in [6.45, 7) is 3.38. The van der Waals surface area contributed by atoms with Gasteiger partial charge in [-0.3, -0.25) is 19.4 Å². The van der Waals surface area contributed by atoms with Crippen molar-refractivity contribution in [3.8, 4) is 0 Å².